The Morgan fingerprint density at radius 2 is 1.79 bits per heavy atom. The molecule has 126 valence electrons. The van der Waals surface area contributed by atoms with Gasteiger partial charge in [-0.2, -0.15) is 0 Å². The van der Waals surface area contributed by atoms with Crippen LogP contribution in [0.3, 0.4) is 0 Å². The van der Waals surface area contributed by atoms with Crippen LogP contribution in [-0.4, -0.2) is 26.8 Å². The van der Waals surface area contributed by atoms with Gasteiger partial charge in [-0.15, -0.1) is 0 Å². The fourth-order valence-electron chi connectivity index (χ4n) is 2.86. The normalized spacial score (nSPS) is 26.1. The lowest BCUT2D eigenvalue weighted by molar-refractivity contribution is -0.145. The minimum atomic E-state index is -1.92. The number of allylic oxidation sites excluding steroid dienone is 3. The van der Waals surface area contributed by atoms with Gasteiger partial charge < -0.3 is 5.11 Å². The third-order valence-electron chi connectivity index (χ3n) is 4.66. The summed E-state index contributed by atoms with van der Waals surface area (Å²) in [5.74, 6) is -0.800. The summed E-state index contributed by atoms with van der Waals surface area (Å²) in [6, 6.07) is 8.67. The predicted molar refractivity (Wildman–Crippen MR) is 95.2 cm³/mol. The number of Topliss-reactive ketones (excluding diaryl/α,β-unsaturated/α-hetero) is 2. The zero-order valence-corrected chi connectivity index (χ0v) is 15.5. The van der Waals surface area contributed by atoms with Crippen LogP contribution in [0.4, 0.5) is 0 Å². The van der Waals surface area contributed by atoms with Crippen molar-refractivity contribution in [1.82, 2.24) is 4.90 Å². The molecule has 0 amide bonds. The van der Waals surface area contributed by atoms with Gasteiger partial charge in [-0.25, -0.2) is 0 Å². The summed E-state index contributed by atoms with van der Waals surface area (Å²) in [4.78, 5) is 28.5. The van der Waals surface area contributed by atoms with Gasteiger partial charge in [0.15, 0.2) is 11.6 Å². The zero-order valence-electron chi connectivity index (χ0n) is 13.9. The molecule has 0 saturated heterocycles. The van der Waals surface area contributed by atoms with Crippen LogP contribution in [0.2, 0.25) is 0 Å². The maximum Gasteiger partial charge on any atom is 0.233 e. The van der Waals surface area contributed by atoms with E-state index in [-0.39, 0.29) is 11.4 Å². The summed E-state index contributed by atoms with van der Waals surface area (Å²) in [6.07, 6.45) is 0. The third-order valence-corrected chi connectivity index (χ3v) is 6.48. The highest BCUT2D eigenvalue weighted by molar-refractivity contribution is 8.07. The van der Waals surface area contributed by atoms with Crippen LogP contribution in [-0.2, 0) is 4.79 Å². The predicted octanol–water partition coefficient (Wildman–Crippen LogP) is 3.87. The number of carbonyl (C=O) groups is 2. The number of hydrogen-bond acceptors (Lipinski definition) is 5. The van der Waals surface area contributed by atoms with E-state index in [1.165, 1.54) is 16.7 Å². The molecule has 2 aliphatic rings. The molecule has 1 atom stereocenters. The number of rotatable bonds is 2. The van der Waals surface area contributed by atoms with Crippen molar-refractivity contribution in [1.29, 1.82) is 0 Å². The third kappa shape index (κ3) is 2.19. The fraction of sp³-hybridized carbons (Fsp3) is 0.333. The summed E-state index contributed by atoms with van der Waals surface area (Å²) < 4.78 is 0. The smallest absolute Gasteiger partial charge is 0.233 e. The van der Waals surface area contributed by atoms with Crippen molar-refractivity contribution in [3.63, 3.8) is 0 Å². The first kappa shape index (κ1) is 17.3. The van der Waals surface area contributed by atoms with E-state index in [1.807, 2.05) is 19.9 Å². The monoisotopic (exact) mass is 363 g/mol. The number of fused-ring (bicyclic) bond motifs is 1. The number of aliphatic hydroxyl groups is 1. The first-order valence-corrected chi connectivity index (χ1v) is 8.76. The largest absolute Gasteiger partial charge is 0.357 e. The second kappa shape index (κ2) is 5.48. The van der Waals surface area contributed by atoms with Crippen molar-refractivity contribution in [2.75, 3.05) is 0 Å². The molecular weight excluding hydrogens is 346 g/mol. The Kier molecular flexibility index (Phi) is 3.94. The highest BCUT2D eigenvalue weighted by Crippen LogP contribution is 2.56. The summed E-state index contributed by atoms with van der Waals surface area (Å²) in [7, 11) is 0. The van der Waals surface area contributed by atoms with Crippen LogP contribution in [0.1, 0.15) is 38.1 Å². The Morgan fingerprint density at radius 3 is 2.38 bits per heavy atom. The maximum absolute atomic E-state index is 13.1. The average Bonchev–Trinajstić information content (AvgIpc) is 2.82. The van der Waals surface area contributed by atoms with Gasteiger partial charge in [0, 0.05) is 16.2 Å². The minimum Gasteiger partial charge on any atom is -0.357 e. The number of benzene rings is 1. The lowest BCUT2D eigenvalue weighted by Crippen LogP contribution is -2.59. The van der Waals surface area contributed by atoms with E-state index in [0.717, 1.165) is 10.6 Å². The Morgan fingerprint density at radius 1 is 1.21 bits per heavy atom. The van der Waals surface area contributed by atoms with Gasteiger partial charge in [0.25, 0.3) is 0 Å². The quantitative estimate of drug-likeness (QED) is 0.374. The van der Waals surface area contributed by atoms with Crippen molar-refractivity contribution >= 4 is 34.9 Å². The molecule has 0 radical (unpaired) electrons. The topological polar surface area (TPSA) is 57.6 Å². The zero-order chi connectivity index (χ0) is 17.9. The molecule has 0 saturated carbocycles. The van der Waals surface area contributed by atoms with E-state index in [4.69, 9.17) is 11.6 Å². The SMILES string of the molecule is CC1=C(C)N2C(=C(C(=O)c3ccccc3)C(=O)C(C)(C)C2(O)Cl)S1. The van der Waals surface area contributed by atoms with E-state index in [0.29, 0.717) is 10.6 Å². The molecule has 3 rings (SSSR count). The molecule has 0 aliphatic carbocycles. The lowest BCUT2D eigenvalue weighted by Gasteiger charge is -2.48. The van der Waals surface area contributed by atoms with Gasteiger partial charge in [-0.05, 0) is 27.7 Å². The minimum absolute atomic E-state index is 0.0812. The van der Waals surface area contributed by atoms with Gasteiger partial charge >= 0.3 is 0 Å². The number of ketones is 2. The molecule has 1 aromatic rings. The van der Waals surface area contributed by atoms with Crippen LogP contribution >= 0.6 is 23.4 Å². The first-order chi connectivity index (χ1) is 11.1. The Balaban J connectivity index is 2.25. The van der Waals surface area contributed by atoms with Gasteiger partial charge in [-0.1, -0.05) is 53.7 Å². The molecule has 6 heteroatoms. The molecule has 2 heterocycles. The first-order valence-electron chi connectivity index (χ1n) is 7.56. The summed E-state index contributed by atoms with van der Waals surface area (Å²) >= 11 is 7.70. The summed E-state index contributed by atoms with van der Waals surface area (Å²) in [5.41, 5.74) is -0.0827. The maximum atomic E-state index is 13.1. The standard InChI is InChI=1S/C18H18ClNO3S/c1-10-11(2)24-16-13(14(21)12-8-6-5-7-9-12)15(22)17(3,4)18(19,23)20(10)16/h5-9,23H,1-4H3. The molecule has 0 bridgehead atoms. The summed E-state index contributed by atoms with van der Waals surface area (Å²) in [5, 5.41) is 9.36. The number of thioether (sulfide) groups is 1. The van der Waals surface area contributed by atoms with Crippen molar-refractivity contribution < 1.29 is 14.7 Å². The van der Waals surface area contributed by atoms with Crippen molar-refractivity contribution in [3.05, 3.63) is 57.1 Å². The molecule has 0 fully saturated rings. The number of hydrogen-bond donors (Lipinski definition) is 1. The van der Waals surface area contributed by atoms with Crippen LogP contribution < -0.4 is 0 Å². The van der Waals surface area contributed by atoms with Crippen LogP contribution in [0.15, 0.2) is 51.5 Å². The average molecular weight is 364 g/mol. The van der Waals surface area contributed by atoms with E-state index in [1.54, 1.807) is 38.1 Å². The van der Waals surface area contributed by atoms with Gasteiger partial charge in [-0.3, -0.25) is 14.5 Å². The summed E-state index contributed by atoms with van der Waals surface area (Å²) in [6.45, 7) is 6.81. The van der Waals surface area contributed by atoms with Crippen molar-refractivity contribution in [2.45, 2.75) is 32.9 Å². The second-order valence-corrected chi connectivity index (χ2v) is 8.23. The Labute approximate surface area is 150 Å². The van der Waals surface area contributed by atoms with Gasteiger partial charge in [0.2, 0.25) is 5.18 Å². The lowest BCUT2D eigenvalue weighted by atomic mass is 9.77. The van der Waals surface area contributed by atoms with E-state index >= 15 is 0 Å². The molecule has 0 aromatic heterocycles. The fourth-order valence-corrected chi connectivity index (χ4v) is 4.39. The molecule has 1 unspecified atom stereocenters. The highest BCUT2D eigenvalue weighted by atomic mass is 35.5. The van der Waals surface area contributed by atoms with Crippen LogP contribution in [0.25, 0.3) is 0 Å². The van der Waals surface area contributed by atoms with Crippen molar-refractivity contribution in [2.24, 2.45) is 5.41 Å². The number of nitrogens with zero attached hydrogens (tertiary/aromatic N) is 1. The van der Waals surface area contributed by atoms with Gasteiger partial charge in [0.05, 0.1) is 16.0 Å². The Bertz CT molecular complexity index is 809. The van der Waals surface area contributed by atoms with E-state index < -0.39 is 16.4 Å². The molecule has 2 aliphatic heterocycles. The molecular formula is C18H18ClNO3S. The van der Waals surface area contributed by atoms with Crippen LogP contribution in [0, 0.1) is 5.41 Å². The van der Waals surface area contributed by atoms with E-state index in [2.05, 4.69) is 0 Å². The van der Waals surface area contributed by atoms with Gasteiger partial charge in [0.1, 0.15) is 0 Å². The molecule has 1 aromatic carbocycles. The van der Waals surface area contributed by atoms with E-state index in [9.17, 15) is 14.7 Å². The molecule has 0 spiro atoms. The molecule has 4 nitrogen and oxygen atoms in total. The number of carbonyl (C=O) groups excluding carboxylic acids is 2. The molecule has 1 N–H and O–H groups in total. The molecule has 24 heavy (non-hydrogen) atoms. The Hall–Kier alpha value is -1.56. The highest BCUT2D eigenvalue weighted by Gasteiger charge is 2.60. The number of alkyl halides is 1. The second-order valence-electron chi connectivity index (χ2n) is 6.50. The van der Waals surface area contributed by atoms with Crippen LogP contribution in [0.5, 0.6) is 0 Å². The van der Waals surface area contributed by atoms with Crippen molar-refractivity contribution in [3.8, 4) is 0 Å². The number of halogens is 1.